The molecule has 1 aromatic rings. The molecule has 0 heterocycles. The van der Waals surface area contributed by atoms with E-state index in [2.05, 4.69) is 0 Å². The van der Waals surface area contributed by atoms with Gasteiger partial charge in [0.15, 0.2) is 0 Å². The fourth-order valence-electron chi connectivity index (χ4n) is 2.53. The molecule has 1 N–H and O–H groups in total. The minimum atomic E-state index is -0.0751. The molecule has 0 saturated heterocycles. The van der Waals surface area contributed by atoms with Crippen molar-refractivity contribution < 1.29 is 14.6 Å². The minimum absolute atomic E-state index is 0.0751. The lowest BCUT2D eigenvalue weighted by molar-refractivity contribution is 0.119. The van der Waals surface area contributed by atoms with E-state index in [1.54, 1.807) is 14.2 Å². The second-order valence-electron chi connectivity index (χ2n) is 4.80. The minimum Gasteiger partial charge on any atom is -0.496 e. The maximum absolute atomic E-state index is 9.60. The van der Waals surface area contributed by atoms with Gasteiger partial charge in [-0.25, -0.2) is 0 Å². The molecule has 3 nitrogen and oxygen atoms in total. The van der Waals surface area contributed by atoms with Gasteiger partial charge in [0.25, 0.3) is 0 Å². The van der Waals surface area contributed by atoms with Crippen LogP contribution >= 0.6 is 0 Å². The summed E-state index contributed by atoms with van der Waals surface area (Å²) >= 11 is 0. The predicted molar refractivity (Wildman–Crippen MR) is 66.9 cm³/mol. The Morgan fingerprint density at radius 3 is 2.00 bits per heavy atom. The molecule has 1 fully saturated rings. The molecular weight excluding hydrogens is 216 g/mol. The molecule has 3 heteroatoms. The first kappa shape index (κ1) is 12.2. The fourth-order valence-corrected chi connectivity index (χ4v) is 2.53. The molecule has 0 amide bonds. The van der Waals surface area contributed by atoms with Crippen molar-refractivity contribution in [2.45, 2.75) is 31.6 Å². The average molecular weight is 236 g/mol. The number of aliphatic hydroxyl groups is 1. The smallest absolute Gasteiger partial charge is 0.125 e. The van der Waals surface area contributed by atoms with Crippen LogP contribution in [0.4, 0.5) is 0 Å². The van der Waals surface area contributed by atoms with E-state index >= 15 is 0 Å². The Morgan fingerprint density at radius 2 is 1.71 bits per heavy atom. The molecule has 1 aliphatic carbocycles. The van der Waals surface area contributed by atoms with Gasteiger partial charge in [-0.2, -0.15) is 0 Å². The third-order valence-corrected chi connectivity index (χ3v) is 3.98. The summed E-state index contributed by atoms with van der Waals surface area (Å²) in [6.45, 7) is 2.18. The molecule has 0 unspecified atom stereocenters. The van der Waals surface area contributed by atoms with Crippen LogP contribution in [0.2, 0.25) is 0 Å². The average Bonchev–Trinajstić information content (AvgIpc) is 2.30. The molecule has 0 aliphatic heterocycles. The molecule has 17 heavy (non-hydrogen) atoms. The molecular formula is C14H20O3. The van der Waals surface area contributed by atoms with E-state index in [9.17, 15) is 5.11 Å². The van der Waals surface area contributed by atoms with Crippen LogP contribution in [0.3, 0.4) is 0 Å². The maximum Gasteiger partial charge on any atom is 0.125 e. The Morgan fingerprint density at radius 1 is 1.18 bits per heavy atom. The SMILES string of the molecule is COc1cc(C2(CO)CCC2)cc(OC)c1C. The summed E-state index contributed by atoms with van der Waals surface area (Å²) in [6, 6.07) is 4.07. The molecule has 0 bridgehead atoms. The van der Waals surface area contributed by atoms with Crippen molar-refractivity contribution in [2.75, 3.05) is 20.8 Å². The molecule has 94 valence electrons. The highest BCUT2D eigenvalue weighted by molar-refractivity contribution is 5.50. The third-order valence-electron chi connectivity index (χ3n) is 3.98. The van der Waals surface area contributed by atoms with E-state index in [4.69, 9.17) is 9.47 Å². The van der Waals surface area contributed by atoms with Crippen molar-refractivity contribution in [2.24, 2.45) is 0 Å². The highest BCUT2D eigenvalue weighted by Gasteiger charge is 2.38. The van der Waals surface area contributed by atoms with Crippen LogP contribution in [0, 0.1) is 6.92 Å². The Labute approximate surface area is 102 Å². The van der Waals surface area contributed by atoms with Crippen LogP contribution in [0.15, 0.2) is 12.1 Å². The van der Waals surface area contributed by atoms with Crippen LogP contribution in [-0.2, 0) is 5.41 Å². The van der Waals surface area contributed by atoms with Gasteiger partial charge in [-0.1, -0.05) is 6.42 Å². The van der Waals surface area contributed by atoms with E-state index in [0.717, 1.165) is 35.5 Å². The number of hydrogen-bond donors (Lipinski definition) is 1. The lowest BCUT2D eigenvalue weighted by Crippen LogP contribution is -2.37. The summed E-state index contributed by atoms with van der Waals surface area (Å²) in [4.78, 5) is 0. The zero-order chi connectivity index (χ0) is 12.5. The number of ether oxygens (including phenoxy) is 2. The molecule has 0 spiro atoms. The van der Waals surface area contributed by atoms with Crippen molar-refractivity contribution in [3.8, 4) is 11.5 Å². The van der Waals surface area contributed by atoms with Crippen LogP contribution in [-0.4, -0.2) is 25.9 Å². The van der Waals surface area contributed by atoms with E-state index in [0.29, 0.717) is 0 Å². The second kappa shape index (κ2) is 4.57. The van der Waals surface area contributed by atoms with Crippen LogP contribution in [0.5, 0.6) is 11.5 Å². The van der Waals surface area contributed by atoms with Gasteiger partial charge in [0.2, 0.25) is 0 Å². The zero-order valence-electron chi connectivity index (χ0n) is 10.7. The van der Waals surface area contributed by atoms with Gasteiger partial charge in [0.05, 0.1) is 20.8 Å². The summed E-state index contributed by atoms with van der Waals surface area (Å²) in [5, 5.41) is 9.60. The molecule has 1 aliphatic rings. The lowest BCUT2D eigenvalue weighted by atomic mass is 9.65. The van der Waals surface area contributed by atoms with Gasteiger partial charge in [-0.05, 0) is 37.5 Å². The first-order valence-corrected chi connectivity index (χ1v) is 6.01. The summed E-state index contributed by atoms with van der Waals surface area (Å²) in [7, 11) is 3.33. The van der Waals surface area contributed by atoms with Crippen molar-refractivity contribution in [1.82, 2.24) is 0 Å². The Kier molecular flexibility index (Phi) is 3.29. The van der Waals surface area contributed by atoms with Gasteiger partial charge in [-0.15, -0.1) is 0 Å². The van der Waals surface area contributed by atoms with Gasteiger partial charge in [0, 0.05) is 11.0 Å². The zero-order valence-corrected chi connectivity index (χ0v) is 10.7. The van der Waals surface area contributed by atoms with Gasteiger partial charge >= 0.3 is 0 Å². The van der Waals surface area contributed by atoms with E-state index in [1.807, 2.05) is 19.1 Å². The topological polar surface area (TPSA) is 38.7 Å². The number of methoxy groups -OCH3 is 2. The quantitative estimate of drug-likeness (QED) is 0.872. The van der Waals surface area contributed by atoms with Crippen molar-refractivity contribution in [3.05, 3.63) is 23.3 Å². The monoisotopic (exact) mass is 236 g/mol. The van der Waals surface area contributed by atoms with Crippen molar-refractivity contribution in [1.29, 1.82) is 0 Å². The first-order chi connectivity index (χ1) is 8.16. The standard InChI is InChI=1S/C14H20O3/c1-10-12(16-2)7-11(8-13(10)17-3)14(9-15)5-4-6-14/h7-8,15H,4-6,9H2,1-3H3. The van der Waals surface area contributed by atoms with Crippen molar-refractivity contribution in [3.63, 3.8) is 0 Å². The Balaban J connectivity index is 2.47. The largest absolute Gasteiger partial charge is 0.496 e. The normalized spacial score (nSPS) is 17.4. The summed E-state index contributed by atoms with van der Waals surface area (Å²) in [6.07, 6.45) is 3.26. The molecule has 0 atom stereocenters. The number of benzene rings is 1. The Hall–Kier alpha value is -1.22. The second-order valence-corrected chi connectivity index (χ2v) is 4.80. The van der Waals surface area contributed by atoms with E-state index in [-0.39, 0.29) is 12.0 Å². The van der Waals surface area contributed by atoms with Gasteiger partial charge < -0.3 is 14.6 Å². The van der Waals surface area contributed by atoms with Crippen LogP contribution < -0.4 is 9.47 Å². The lowest BCUT2D eigenvalue weighted by Gasteiger charge is -2.41. The first-order valence-electron chi connectivity index (χ1n) is 6.01. The summed E-state index contributed by atoms with van der Waals surface area (Å²) in [5.41, 5.74) is 2.06. The van der Waals surface area contributed by atoms with Gasteiger partial charge in [-0.3, -0.25) is 0 Å². The maximum atomic E-state index is 9.60. The van der Waals surface area contributed by atoms with Gasteiger partial charge in [0.1, 0.15) is 11.5 Å². The summed E-state index contributed by atoms with van der Waals surface area (Å²) in [5.74, 6) is 1.66. The molecule has 1 saturated carbocycles. The highest BCUT2D eigenvalue weighted by atomic mass is 16.5. The molecule has 1 aromatic carbocycles. The van der Waals surface area contributed by atoms with E-state index in [1.165, 1.54) is 6.42 Å². The summed E-state index contributed by atoms with van der Waals surface area (Å²) < 4.78 is 10.7. The number of aliphatic hydroxyl groups excluding tert-OH is 1. The van der Waals surface area contributed by atoms with Crippen LogP contribution in [0.25, 0.3) is 0 Å². The van der Waals surface area contributed by atoms with Crippen molar-refractivity contribution >= 4 is 0 Å². The fraction of sp³-hybridized carbons (Fsp3) is 0.571. The Bertz CT molecular complexity index is 377. The molecule has 0 radical (unpaired) electrons. The van der Waals surface area contributed by atoms with Crippen LogP contribution in [0.1, 0.15) is 30.4 Å². The predicted octanol–water partition coefficient (Wildman–Crippen LogP) is 2.43. The molecule has 2 rings (SSSR count). The molecule has 0 aromatic heterocycles. The third kappa shape index (κ3) is 1.89. The van der Waals surface area contributed by atoms with E-state index < -0.39 is 0 Å². The highest BCUT2D eigenvalue weighted by Crippen LogP contribution is 2.46. The number of rotatable bonds is 4. The number of hydrogen-bond acceptors (Lipinski definition) is 3.